The summed E-state index contributed by atoms with van der Waals surface area (Å²) in [5, 5.41) is 3.25. The molecule has 1 aliphatic heterocycles. The molecule has 1 aliphatic carbocycles. The zero-order valence-corrected chi connectivity index (χ0v) is 12.8. The van der Waals surface area contributed by atoms with Crippen LogP contribution in [0.3, 0.4) is 0 Å². The Bertz CT molecular complexity index is 248. The molecule has 1 nitrogen and oxygen atoms in total. The van der Waals surface area contributed by atoms with E-state index < -0.39 is 0 Å². The number of nitrogens with one attached hydrogen (secondary N) is 1. The number of benzene rings is 1. The fourth-order valence-electron chi connectivity index (χ4n) is 2.25. The molecule has 0 spiro atoms. The van der Waals surface area contributed by atoms with Crippen LogP contribution in [0.25, 0.3) is 0 Å². The molecule has 1 saturated carbocycles. The molecule has 2 aliphatic rings. The van der Waals surface area contributed by atoms with Crippen molar-refractivity contribution in [1.82, 2.24) is 5.32 Å². The lowest BCUT2D eigenvalue weighted by Gasteiger charge is -2.38. The molecule has 0 atom stereocenters. The Labute approximate surface area is 121 Å². The smallest absolute Gasteiger partial charge is 0.00175 e. The van der Waals surface area contributed by atoms with E-state index in [0.717, 1.165) is 0 Å². The van der Waals surface area contributed by atoms with E-state index in [1.807, 2.05) is 36.4 Å². The van der Waals surface area contributed by atoms with Gasteiger partial charge in [0, 0.05) is 14.5 Å². The zero-order valence-electron chi connectivity index (χ0n) is 12.8. The van der Waals surface area contributed by atoms with Gasteiger partial charge in [0.2, 0.25) is 0 Å². The van der Waals surface area contributed by atoms with Crippen LogP contribution >= 0.6 is 0 Å². The lowest BCUT2D eigenvalue weighted by atomic mass is 9.82. The molecule has 110 valence electrons. The predicted molar refractivity (Wildman–Crippen MR) is 87.5 cm³/mol. The first-order chi connectivity index (χ1) is 9.27. The minimum Gasteiger partial charge on any atom is -0.316 e. The van der Waals surface area contributed by atoms with Gasteiger partial charge in [-0.15, -0.1) is 0 Å². The molecule has 1 heteroatoms. The molecule has 0 radical (unpaired) electrons. The fourth-order valence-corrected chi connectivity index (χ4v) is 2.25. The average molecular weight is 263 g/mol. The summed E-state index contributed by atoms with van der Waals surface area (Å²) in [6, 6.07) is 12.0. The third-order valence-corrected chi connectivity index (χ3v) is 4.12. The van der Waals surface area contributed by atoms with Gasteiger partial charge in [0.15, 0.2) is 0 Å². The summed E-state index contributed by atoms with van der Waals surface area (Å²) in [5.74, 6) is 0. The van der Waals surface area contributed by atoms with Crippen LogP contribution in [0.2, 0.25) is 0 Å². The second kappa shape index (κ2) is 10.0. The minimum atomic E-state index is 0. The van der Waals surface area contributed by atoms with Crippen molar-refractivity contribution in [3.8, 4) is 0 Å². The van der Waals surface area contributed by atoms with Gasteiger partial charge in [0.25, 0.3) is 0 Å². The van der Waals surface area contributed by atoms with Gasteiger partial charge in [0.05, 0.1) is 0 Å². The van der Waals surface area contributed by atoms with Crippen molar-refractivity contribution in [2.45, 2.75) is 58.8 Å². The van der Waals surface area contributed by atoms with Crippen LogP contribution in [0.4, 0.5) is 0 Å². The summed E-state index contributed by atoms with van der Waals surface area (Å²) < 4.78 is 0. The first-order valence-corrected chi connectivity index (χ1v) is 7.97. The summed E-state index contributed by atoms with van der Waals surface area (Å²) in [6.07, 6.45) is 10.3. The summed E-state index contributed by atoms with van der Waals surface area (Å²) in [5.41, 5.74) is 0.653. The number of hydrogen-bond acceptors (Lipinski definition) is 1. The predicted octanol–water partition coefficient (Wildman–Crippen LogP) is 5.28. The van der Waals surface area contributed by atoms with Gasteiger partial charge in [-0.3, -0.25) is 0 Å². The van der Waals surface area contributed by atoms with Crippen LogP contribution < -0.4 is 5.32 Å². The lowest BCUT2D eigenvalue weighted by molar-refractivity contribution is 0.189. The van der Waals surface area contributed by atoms with E-state index in [1.165, 1.54) is 58.0 Å². The Balaban J connectivity index is 0.000000265. The van der Waals surface area contributed by atoms with Gasteiger partial charge in [-0.2, -0.15) is 0 Å². The van der Waals surface area contributed by atoms with E-state index in [0.29, 0.717) is 5.41 Å². The van der Waals surface area contributed by atoms with Gasteiger partial charge in [0.1, 0.15) is 0 Å². The second-order valence-electron chi connectivity index (χ2n) is 6.04. The molecule has 0 amide bonds. The van der Waals surface area contributed by atoms with Crippen molar-refractivity contribution < 1.29 is 1.43 Å². The monoisotopic (exact) mass is 263 g/mol. The van der Waals surface area contributed by atoms with Crippen LogP contribution in [0.15, 0.2) is 36.4 Å². The van der Waals surface area contributed by atoms with Crippen molar-refractivity contribution in [2.75, 3.05) is 13.1 Å². The summed E-state index contributed by atoms with van der Waals surface area (Å²) >= 11 is 0. The highest BCUT2D eigenvalue weighted by Gasteiger charge is 2.28. The first-order valence-electron chi connectivity index (χ1n) is 7.97. The standard InChI is InChI=1S/C6H13N.C6H12.C6H6.H2/c1-3-6(2)4-7-5-6;2*1-2-4-6-5-3-1;/h7H,3-5H2,1-2H3;1-6H2;1-6H;1H. The van der Waals surface area contributed by atoms with Crippen LogP contribution in [-0.2, 0) is 0 Å². The maximum Gasteiger partial charge on any atom is 0.00175 e. The number of rotatable bonds is 1. The first kappa shape index (κ1) is 16.2. The molecule has 1 heterocycles. The molecule has 19 heavy (non-hydrogen) atoms. The van der Waals surface area contributed by atoms with Gasteiger partial charge in [-0.25, -0.2) is 0 Å². The molecule has 1 aromatic rings. The molecular weight excluding hydrogens is 230 g/mol. The Morgan fingerprint density at radius 1 is 0.789 bits per heavy atom. The summed E-state index contributed by atoms with van der Waals surface area (Å²) in [4.78, 5) is 0. The van der Waals surface area contributed by atoms with Gasteiger partial charge in [-0.05, 0) is 11.8 Å². The van der Waals surface area contributed by atoms with E-state index in [9.17, 15) is 0 Å². The molecule has 0 aromatic heterocycles. The Morgan fingerprint density at radius 3 is 1.21 bits per heavy atom. The van der Waals surface area contributed by atoms with Crippen LogP contribution in [0.5, 0.6) is 0 Å². The van der Waals surface area contributed by atoms with Gasteiger partial charge >= 0.3 is 0 Å². The summed E-state index contributed by atoms with van der Waals surface area (Å²) in [6.45, 7) is 7.03. The number of hydrogen-bond donors (Lipinski definition) is 1. The molecular formula is C18H33N. The largest absolute Gasteiger partial charge is 0.316 e. The SMILES string of the molecule is C1CCCCC1.CCC1(C)CNC1.[HH].c1ccccc1. The summed E-state index contributed by atoms with van der Waals surface area (Å²) in [7, 11) is 0. The highest BCUT2D eigenvalue weighted by molar-refractivity contribution is 4.99. The maximum absolute atomic E-state index is 3.25. The Kier molecular flexibility index (Phi) is 8.57. The van der Waals surface area contributed by atoms with Crippen LogP contribution in [0.1, 0.15) is 60.2 Å². The van der Waals surface area contributed by atoms with Gasteiger partial charge in [-0.1, -0.05) is 88.8 Å². The average Bonchev–Trinajstić information content (AvgIpc) is 2.50. The van der Waals surface area contributed by atoms with E-state index in [4.69, 9.17) is 0 Å². The fraction of sp³-hybridized carbons (Fsp3) is 0.667. The Morgan fingerprint density at radius 2 is 1.11 bits per heavy atom. The van der Waals surface area contributed by atoms with Crippen molar-refractivity contribution in [1.29, 1.82) is 0 Å². The molecule has 1 saturated heterocycles. The van der Waals surface area contributed by atoms with Crippen molar-refractivity contribution >= 4 is 0 Å². The molecule has 0 bridgehead atoms. The van der Waals surface area contributed by atoms with Crippen LogP contribution in [-0.4, -0.2) is 13.1 Å². The van der Waals surface area contributed by atoms with E-state index in [-0.39, 0.29) is 1.43 Å². The maximum atomic E-state index is 3.25. The van der Waals surface area contributed by atoms with E-state index >= 15 is 0 Å². The lowest BCUT2D eigenvalue weighted by Crippen LogP contribution is -2.50. The minimum absolute atomic E-state index is 0. The van der Waals surface area contributed by atoms with E-state index in [2.05, 4.69) is 19.2 Å². The second-order valence-corrected chi connectivity index (χ2v) is 6.04. The highest BCUT2D eigenvalue weighted by Crippen LogP contribution is 2.24. The third kappa shape index (κ3) is 8.05. The Hall–Kier alpha value is -0.820. The molecule has 0 unspecified atom stereocenters. The third-order valence-electron chi connectivity index (χ3n) is 4.12. The molecule has 2 fully saturated rings. The van der Waals surface area contributed by atoms with Crippen molar-refractivity contribution in [2.24, 2.45) is 5.41 Å². The molecule has 1 N–H and O–H groups in total. The normalized spacial score (nSPS) is 19.9. The van der Waals surface area contributed by atoms with Crippen molar-refractivity contribution in [3.63, 3.8) is 0 Å². The highest BCUT2D eigenvalue weighted by atomic mass is 15.0. The quantitative estimate of drug-likeness (QED) is 0.727. The van der Waals surface area contributed by atoms with E-state index in [1.54, 1.807) is 0 Å². The topological polar surface area (TPSA) is 12.0 Å². The zero-order chi connectivity index (χ0) is 13.8. The molecule has 1 aromatic carbocycles. The van der Waals surface area contributed by atoms with Gasteiger partial charge < -0.3 is 5.32 Å². The van der Waals surface area contributed by atoms with Crippen LogP contribution in [0, 0.1) is 5.41 Å². The van der Waals surface area contributed by atoms with Crippen molar-refractivity contribution in [3.05, 3.63) is 36.4 Å². The molecule has 3 rings (SSSR count).